The van der Waals surface area contributed by atoms with Crippen LogP contribution in [0.4, 0.5) is 19.0 Å². The molecule has 0 aliphatic heterocycles. The molecule has 1 rings (SSSR count). The second-order valence-corrected chi connectivity index (χ2v) is 3.45. The van der Waals surface area contributed by atoms with E-state index in [1.54, 1.807) is 0 Å². The van der Waals surface area contributed by atoms with Crippen LogP contribution in [0.1, 0.15) is 6.42 Å². The van der Waals surface area contributed by atoms with Crippen molar-refractivity contribution in [1.82, 2.24) is 4.98 Å². The van der Waals surface area contributed by atoms with Gasteiger partial charge in [-0.05, 0) is 0 Å². The number of nitrogens with zero attached hydrogens (tertiary/aromatic N) is 3. The summed E-state index contributed by atoms with van der Waals surface area (Å²) in [5.41, 5.74) is 0. The molecule has 0 amide bonds. The zero-order valence-corrected chi connectivity index (χ0v) is 9.79. The first kappa shape index (κ1) is 14.3. The predicted octanol–water partition coefficient (Wildman–Crippen LogP) is 1.87. The Morgan fingerprint density at radius 3 is 2.67 bits per heavy atom. The Morgan fingerprint density at radius 1 is 1.33 bits per heavy atom. The van der Waals surface area contributed by atoms with Crippen molar-refractivity contribution in [2.75, 3.05) is 31.7 Å². The Morgan fingerprint density at radius 2 is 2.06 bits per heavy atom. The molecule has 0 fully saturated rings. The number of hydrogen-bond acceptors (Lipinski definition) is 4. The van der Waals surface area contributed by atoms with E-state index in [1.807, 2.05) is 6.07 Å². The van der Waals surface area contributed by atoms with Gasteiger partial charge in [-0.3, -0.25) is 0 Å². The Labute approximate surface area is 103 Å². The Hall–Kier alpha value is -1.81. The molecule has 0 aliphatic rings. The van der Waals surface area contributed by atoms with E-state index in [0.29, 0.717) is 6.07 Å². The molecule has 0 N–H and O–H groups in total. The summed E-state index contributed by atoms with van der Waals surface area (Å²) in [6.07, 6.45) is 0.115. The molecule has 4 nitrogen and oxygen atoms in total. The van der Waals surface area contributed by atoms with Crippen LogP contribution in [0.25, 0.3) is 0 Å². The third-order valence-corrected chi connectivity index (χ3v) is 2.23. The van der Waals surface area contributed by atoms with Crippen LogP contribution in [0.5, 0.6) is 0 Å². The molecule has 0 bridgehead atoms. The lowest BCUT2D eigenvalue weighted by atomic mass is 10.3. The van der Waals surface area contributed by atoms with Gasteiger partial charge in [0.2, 0.25) is 0 Å². The first-order valence-corrected chi connectivity index (χ1v) is 5.22. The number of pyridine rings is 1. The van der Waals surface area contributed by atoms with Gasteiger partial charge in [0.25, 0.3) is 5.95 Å². The lowest BCUT2D eigenvalue weighted by Gasteiger charge is -2.22. The lowest BCUT2D eigenvalue weighted by Crippen LogP contribution is -2.30. The molecule has 0 saturated heterocycles. The summed E-state index contributed by atoms with van der Waals surface area (Å²) in [6, 6.07) is 2.32. The lowest BCUT2D eigenvalue weighted by molar-refractivity contribution is 0.205. The number of methoxy groups -OCH3 is 1. The minimum absolute atomic E-state index is 0.115. The van der Waals surface area contributed by atoms with Crippen LogP contribution in [0, 0.1) is 28.9 Å². The van der Waals surface area contributed by atoms with E-state index in [1.165, 1.54) is 12.0 Å². The number of anilines is 1. The average molecular weight is 259 g/mol. The predicted molar refractivity (Wildman–Crippen MR) is 58.4 cm³/mol. The van der Waals surface area contributed by atoms with E-state index in [0.717, 1.165) is 0 Å². The van der Waals surface area contributed by atoms with E-state index in [2.05, 4.69) is 4.98 Å². The molecule has 0 spiro atoms. The molecular formula is C11H12F3N3O. The molecule has 18 heavy (non-hydrogen) atoms. The highest BCUT2D eigenvalue weighted by atomic mass is 19.2. The second kappa shape index (κ2) is 6.81. The standard InChI is InChI=1S/C11H12F3N3O/c1-18-6-5-17(4-2-3-15)11-9(13)7-8(12)10(14)16-11/h7H,2,4-6H2,1H3. The van der Waals surface area contributed by atoms with Crippen LogP contribution in [0.15, 0.2) is 6.07 Å². The number of ether oxygens (including phenoxy) is 1. The molecule has 0 aromatic carbocycles. The molecule has 0 aliphatic carbocycles. The first-order valence-electron chi connectivity index (χ1n) is 5.22. The highest BCUT2D eigenvalue weighted by Crippen LogP contribution is 2.18. The van der Waals surface area contributed by atoms with Crippen molar-refractivity contribution in [3.05, 3.63) is 23.6 Å². The minimum atomic E-state index is -1.37. The van der Waals surface area contributed by atoms with Crippen LogP contribution in [-0.2, 0) is 4.74 Å². The van der Waals surface area contributed by atoms with E-state index in [9.17, 15) is 13.2 Å². The van der Waals surface area contributed by atoms with Crippen LogP contribution >= 0.6 is 0 Å². The molecule has 7 heteroatoms. The fraction of sp³-hybridized carbons (Fsp3) is 0.455. The van der Waals surface area contributed by atoms with Crippen molar-refractivity contribution < 1.29 is 17.9 Å². The number of rotatable bonds is 6. The first-order chi connectivity index (χ1) is 8.60. The van der Waals surface area contributed by atoms with Gasteiger partial charge in [0.05, 0.1) is 19.1 Å². The van der Waals surface area contributed by atoms with Crippen LogP contribution < -0.4 is 4.90 Å². The van der Waals surface area contributed by atoms with Gasteiger partial charge >= 0.3 is 0 Å². The van der Waals surface area contributed by atoms with Gasteiger partial charge in [-0.2, -0.15) is 14.6 Å². The van der Waals surface area contributed by atoms with Gasteiger partial charge in [0.15, 0.2) is 17.5 Å². The summed E-state index contributed by atoms with van der Waals surface area (Å²) >= 11 is 0. The summed E-state index contributed by atoms with van der Waals surface area (Å²) in [5, 5.41) is 8.50. The third kappa shape index (κ3) is 3.60. The molecule has 1 heterocycles. The number of nitriles is 1. The Balaban J connectivity index is 2.96. The average Bonchev–Trinajstić information content (AvgIpc) is 2.35. The third-order valence-electron chi connectivity index (χ3n) is 2.23. The zero-order chi connectivity index (χ0) is 13.5. The van der Waals surface area contributed by atoms with E-state index < -0.39 is 17.6 Å². The molecule has 0 atom stereocenters. The highest BCUT2D eigenvalue weighted by Gasteiger charge is 2.17. The van der Waals surface area contributed by atoms with Gasteiger partial charge < -0.3 is 9.64 Å². The summed E-state index contributed by atoms with van der Waals surface area (Å²) in [4.78, 5) is 4.56. The molecule has 1 aromatic heterocycles. The van der Waals surface area contributed by atoms with Crippen LogP contribution in [0.3, 0.4) is 0 Å². The fourth-order valence-electron chi connectivity index (χ4n) is 1.37. The van der Waals surface area contributed by atoms with Crippen LogP contribution in [-0.4, -0.2) is 31.8 Å². The SMILES string of the molecule is COCCN(CCC#N)c1nc(F)c(F)cc1F. The number of halogens is 3. The van der Waals surface area contributed by atoms with Crippen molar-refractivity contribution in [3.63, 3.8) is 0 Å². The quantitative estimate of drug-likeness (QED) is 0.732. The fourth-order valence-corrected chi connectivity index (χ4v) is 1.37. The number of hydrogen-bond donors (Lipinski definition) is 0. The van der Waals surface area contributed by atoms with Gasteiger partial charge in [-0.25, -0.2) is 8.78 Å². The zero-order valence-electron chi connectivity index (χ0n) is 9.79. The normalized spacial score (nSPS) is 10.2. The maximum absolute atomic E-state index is 13.5. The maximum atomic E-state index is 13.5. The van der Waals surface area contributed by atoms with Gasteiger partial charge in [0.1, 0.15) is 0 Å². The summed E-state index contributed by atoms with van der Waals surface area (Å²) < 4.78 is 44.1. The van der Waals surface area contributed by atoms with E-state index in [-0.39, 0.29) is 31.9 Å². The summed E-state index contributed by atoms with van der Waals surface area (Å²) in [5.74, 6) is -4.00. The highest BCUT2D eigenvalue weighted by molar-refractivity contribution is 5.40. The maximum Gasteiger partial charge on any atom is 0.251 e. The summed E-state index contributed by atoms with van der Waals surface area (Å²) in [6.45, 7) is 0.646. The van der Waals surface area contributed by atoms with Crippen molar-refractivity contribution in [3.8, 4) is 6.07 Å². The Kier molecular flexibility index (Phi) is 5.39. The molecule has 0 saturated carbocycles. The molecule has 0 unspecified atom stereocenters. The van der Waals surface area contributed by atoms with Gasteiger partial charge in [-0.15, -0.1) is 0 Å². The van der Waals surface area contributed by atoms with Gasteiger partial charge in [-0.1, -0.05) is 0 Å². The van der Waals surface area contributed by atoms with Gasteiger partial charge in [0, 0.05) is 26.3 Å². The molecule has 1 aromatic rings. The van der Waals surface area contributed by atoms with Crippen molar-refractivity contribution in [1.29, 1.82) is 5.26 Å². The Bertz CT molecular complexity index is 448. The topological polar surface area (TPSA) is 49.1 Å². The summed E-state index contributed by atoms with van der Waals surface area (Å²) in [7, 11) is 1.46. The molecule has 0 radical (unpaired) electrons. The molecular weight excluding hydrogens is 247 g/mol. The van der Waals surface area contributed by atoms with Crippen molar-refractivity contribution >= 4 is 5.82 Å². The molecule has 98 valence electrons. The monoisotopic (exact) mass is 259 g/mol. The number of aromatic nitrogens is 1. The van der Waals surface area contributed by atoms with E-state index in [4.69, 9.17) is 10.00 Å². The minimum Gasteiger partial charge on any atom is -0.383 e. The smallest absolute Gasteiger partial charge is 0.251 e. The second-order valence-electron chi connectivity index (χ2n) is 3.45. The van der Waals surface area contributed by atoms with Crippen LogP contribution in [0.2, 0.25) is 0 Å². The van der Waals surface area contributed by atoms with Crippen molar-refractivity contribution in [2.24, 2.45) is 0 Å². The largest absolute Gasteiger partial charge is 0.383 e. The van der Waals surface area contributed by atoms with Crippen molar-refractivity contribution in [2.45, 2.75) is 6.42 Å². The van der Waals surface area contributed by atoms with E-state index >= 15 is 0 Å².